The Morgan fingerprint density at radius 2 is 2.35 bits per heavy atom. The van der Waals surface area contributed by atoms with Crippen LogP contribution in [0.25, 0.3) is 0 Å². The SMILES string of the molecule is CCN1CCCC(NCc2cnn(C)c2C)C1. The highest BCUT2D eigenvalue weighted by Crippen LogP contribution is 2.11. The number of hydrogen-bond acceptors (Lipinski definition) is 3. The number of hydrogen-bond donors (Lipinski definition) is 1. The lowest BCUT2D eigenvalue weighted by Crippen LogP contribution is -2.45. The summed E-state index contributed by atoms with van der Waals surface area (Å²) in [6.07, 6.45) is 4.59. The molecular formula is C13H24N4. The first-order chi connectivity index (χ1) is 8.20. The fourth-order valence-electron chi connectivity index (χ4n) is 2.48. The monoisotopic (exact) mass is 236 g/mol. The molecule has 0 spiro atoms. The second-order valence-electron chi connectivity index (χ2n) is 4.99. The van der Waals surface area contributed by atoms with Crippen LogP contribution in [0.5, 0.6) is 0 Å². The second kappa shape index (κ2) is 5.65. The van der Waals surface area contributed by atoms with Gasteiger partial charge in [0.05, 0.1) is 6.20 Å². The Balaban J connectivity index is 1.83. The van der Waals surface area contributed by atoms with E-state index in [1.165, 1.54) is 43.7 Å². The third kappa shape index (κ3) is 3.07. The van der Waals surface area contributed by atoms with E-state index in [-0.39, 0.29) is 0 Å². The van der Waals surface area contributed by atoms with Crippen LogP contribution in [-0.2, 0) is 13.6 Å². The number of likely N-dealkylation sites (N-methyl/N-ethyl adjacent to an activating group) is 1. The van der Waals surface area contributed by atoms with E-state index in [4.69, 9.17) is 0 Å². The molecule has 0 radical (unpaired) electrons. The van der Waals surface area contributed by atoms with Crippen molar-refractivity contribution in [2.45, 2.75) is 39.3 Å². The summed E-state index contributed by atoms with van der Waals surface area (Å²) in [5.41, 5.74) is 2.58. The van der Waals surface area contributed by atoms with Gasteiger partial charge in [-0.15, -0.1) is 0 Å². The van der Waals surface area contributed by atoms with Crippen molar-refractivity contribution in [3.63, 3.8) is 0 Å². The van der Waals surface area contributed by atoms with Crippen molar-refractivity contribution in [2.75, 3.05) is 19.6 Å². The minimum atomic E-state index is 0.642. The maximum absolute atomic E-state index is 4.28. The first kappa shape index (κ1) is 12.6. The third-order valence-corrected chi connectivity index (χ3v) is 3.87. The molecular weight excluding hydrogens is 212 g/mol. The van der Waals surface area contributed by atoms with Gasteiger partial charge in [-0.25, -0.2) is 0 Å². The number of likely N-dealkylation sites (tertiary alicyclic amines) is 1. The number of aryl methyl sites for hydroxylation is 1. The molecule has 1 aromatic rings. The highest BCUT2D eigenvalue weighted by Gasteiger charge is 2.18. The summed E-state index contributed by atoms with van der Waals surface area (Å²) in [7, 11) is 2.00. The largest absolute Gasteiger partial charge is 0.309 e. The lowest BCUT2D eigenvalue weighted by atomic mass is 10.1. The summed E-state index contributed by atoms with van der Waals surface area (Å²) in [4.78, 5) is 2.53. The number of nitrogens with zero attached hydrogens (tertiary/aromatic N) is 3. The van der Waals surface area contributed by atoms with Gasteiger partial charge in [-0.1, -0.05) is 6.92 Å². The van der Waals surface area contributed by atoms with E-state index < -0.39 is 0 Å². The van der Waals surface area contributed by atoms with E-state index >= 15 is 0 Å². The molecule has 1 fully saturated rings. The zero-order valence-corrected chi connectivity index (χ0v) is 11.2. The Kier molecular flexibility index (Phi) is 4.18. The van der Waals surface area contributed by atoms with Gasteiger partial charge in [-0.3, -0.25) is 4.68 Å². The number of aromatic nitrogens is 2. The first-order valence-corrected chi connectivity index (χ1v) is 6.64. The average Bonchev–Trinajstić information content (AvgIpc) is 2.68. The molecule has 0 aromatic carbocycles. The molecule has 1 N–H and O–H groups in total. The number of nitrogens with one attached hydrogen (secondary N) is 1. The molecule has 2 heterocycles. The predicted molar refractivity (Wildman–Crippen MR) is 69.9 cm³/mol. The van der Waals surface area contributed by atoms with Crippen molar-refractivity contribution in [3.8, 4) is 0 Å². The van der Waals surface area contributed by atoms with Crippen LogP contribution < -0.4 is 5.32 Å². The molecule has 1 aliphatic rings. The van der Waals surface area contributed by atoms with E-state index in [2.05, 4.69) is 29.2 Å². The zero-order chi connectivity index (χ0) is 12.3. The van der Waals surface area contributed by atoms with Crippen molar-refractivity contribution in [2.24, 2.45) is 7.05 Å². The Bertz CT molecular complexity index is 358. The second-order valence-corrected chi connectivity index (χ2v) is 4.99. The zero-order valence-electron chi connectivity index (χ0n) is 11.2. The van der Waals surface area contributed by atoms with Gasteiger partial charge >= 0.3 is 0 Å². The van der Waals surface area contributed by atoms with E-state index in [1.807, 2.05) is 17.9 Å². The topological polar surface area (TPSA) is 33.1 Å². The normalized spacial score (nSPS) is 21.9. The fraction of sp³-hybridized carbons (Fsp3) is 0.769. The number of rotatable bonds is 4. The maximum atomic E-state index is 4.28. The summed E-state index contributed by atoms with van der Waals surface area (Å²) in [5.74, 6) is 0. The highest BCUT2D eigenvalue weighted by molar-refractivity contribution is 5.15. The predicted octanol–water partition coefficient (Wildman–Crippen LogP) is 1.30. The molecule has 96 valence electrons. The van der Waals surface area contributed by atoms with E-state index in [9.17, 15) is 0 Å². The smallest absolute Gasteiger partial charge is 0.0537 e. The van der Waals surface area contributed by atoms with Gasteiger partial charge in [-0.2, -0.15) is 5.10 Å². The standard InChI is InChI=1S/C13H24N4/c1-4-17-7-5-6-13(10-17)14-8-12-9-15-16(3)11(12)2/h9,13-14H,4-8,10H2,1-3H3. The van der Waals surface area contributed by atoms with Crippen molar-refractivity contribution in [1.82, 2.24) is 20.0 Å². The summed E-state index contributed by atoms with van der Waals surface area (Å²) in [6.45, 7) is 8.94. The van der Waals surface area contributed by atoms with Gasteiger partial charge in [0, 0.05) is 37.4 Å². The van der Waals surface area contributed by atoms with Crippen LogP contribution in [-0.4, -0.2) is 40.4 Å². The first-order valence-electron chi connectivity index (χ1n) is 6.64. The van der Waals surface area contributed by atoms with Gasteiger partial charge in [0.2, 0.25) is 0 Å². The molecule has 1 saturated heterocycles. The van der Waals surface area contributed by atoms with Crippen LogP contribution in [0.15, 0.2) is 6.20 Å². The molecule has 1 unspecified atom stereocenters. The molecule has 17 heavy (non-hydrogen) atoms. The quantitative estimate of drug-likeness (QED) is 0.855. The summed E-state index contributed by atoms with van der Waals surface area (Å²) >= 11 is 0. The fourth-order valence-corrected chi connectivity index (χ4v) is 2.48. The van der Waals surface area contributed by atoms with Crippen LogP contribution in [0.3, 0.4) is 0 Å². The minimum absolute atomic E-state index is 0.642. The van der Waals surface area contributed by atoms with Crippen molar-refractivity contribution < 1.29 is 0 Å². The summed E-state index contributed by atoms with van der Waals surface area (Å²) in [6, 6.07) is 0.642. The van der Waals surface area contributed by atoms with E-state index in [1.54, 1.807) is 0 Å². The lowest BCUT2D eigenvalue weighted by molar-refractivity contribution is 0.198. The van der Waals surface area contributed by atoms with Crippen LogP contribution >= 0.6 is 0 Å². The Morgan fingerprint density at radius 3 is 3.00 bits per heavy atom. The molecule has 1 atom stereocenters. The maximum Gasteiger partial charge on any atom is 0.0537 e. The van der Waals surface area contributed by atoms with Gasteiger partial charge in [0.15, 0.2) is 0 Å². The molecule has 0 bridgehead atoms. The third-order valence-electron chi connectivity index (χ3n) is 3.87. The van der Waals surface area contributed by atoms with Gasteiger partial charge < -0.3 is 10.2 Å². The number of piperidine rings is 1. The molecule has 1 aromatic heterocycles. The lowest BCUT2D eigenvalue weighted by Gasteiger charge is -2.32. The molecule has 0 aliphatic carbocycles. The van der Waals surface area contributed by atoms with Gasteiger partial charge in [0.1, 0.15) is 0 Å². The van der Waals surface area contributed by atoms with Crippen LogP contribution in [0.1, 0.15) is 31.0 Å². The van der Waals surface area contributed by atoms with Crippen LogP contribution in [0, 0.1) is 6.92 Å². The van der Waals surface area contributed by atoms with Crippen molar-refractivity contribution in [1.29, 1.82) is 0 Å². The molecule has 4 heteroatoms. The van der Waals surface area contributed by atoms with Crippen molar-refractivity contribution in [3.05, 3.63) is 17.5 Å². The van der Waals surface area contributed by atoms with Crippen LogP contribution in [0.4, 0.5) is 0 Å². The molecule has 4 nitrogen and oxygen atoms in total. The Labute approximate surface area is 104 Å². The Morgan fingerprint density at radius 1 is 1.53 bits per heavy atom. The molecule has 1 aliphatic heterocycles. The minimum Gasteiger partial charge on any atom is -0.309 e. The molecule has 2 rings (SSSR count). The molecule has 0 saturated carbocycles. The van der Waals surface area contributed by atoms with Crippen molar-refractivity contribution >= 4 is 0 Å². The van der Waals surface area contributed by atoms with Crippen LogP contribution in [0.2, 0.25) is 0 Å². The van der Waals surface area contributed by atoms with E-state index in [0.717, 1.165) is 6.54 Å². The highest BCUT2D eigenvalue weighted by atomic mass is 15.3. The van der Waals surface area contributed by atoms with Gasteiger partial charge in [-0.05, 0) is 32.9 Å². The van der Waals surface area contributed by atoms with Gasteiger partial charge in [0.25, 0.3) is 0 Å². The Hall–Kier alpha value is -0.870. The summed E-state index contributed by atoms with van der Waals surface area (Å²) in [5, 5.41) is 7.94. The van der Waals surface area contributed by atoms with E-state index in [0.29, 0.717) is 6.04 Å². The molecule has 0 amide bonds. The summed E-state index contributed by atoms with van der Waals surface area (Å²) < 4.78 is 1.94. The average molecular weight is 236 g/mol.